The Morgan fingerprint density at radius 3 is 2.47 bits per heavy atom. The number of aromatic amines is 1. The Balaban J connectivity index is 1.55. The number of nitrogens with one attached hydrogen (secondary N) is 1. The van der Waals surface area contributed by atoms with Crippen molar-refractivity contribution in [2.45, 2.75) is 64.7 Å². The average Bonchev–Trinajstić information content (AvgIpc) is 3.34. The fourth-order valence-corrected chi connectivity index (χ4v) is 5.27. The third kappa shape index (κ3) is 3.10. The van der Waals surface area contributed by atoms with Gasteiger partial charge in [-0.1, -0.05) is 71.0 Å². The monoisotopic (exact) mass is 398 g/mol. The molecule has 0 aliphatic heterocycles. The zero-order chi connectivity index (χ0) is 21.1. The molecule has 0 saturated heterocycles. The summed E-state index contributed by atoms with van der Waals surface area (Å²) < 4.78 is 0. The highest BCUT2D eigenvalue weighted by atomic mass is 15.5. The van der Waals surface area contributed by atoms with Gasteiger partial charge in [0.05, 0.1) is 0 Å². The van der Waals surface area contributed by atoms with Crippen molar-refractivity contribution in [3.05, 3.63) is 64.2 Å². The molecule has 2 aliphatic rings. The summed E-state index contributed by atoms with van der Waals surface area (Å²) in [4.78, 5) is 0. The van der Waals surface area contributed by atoms with E-state index in [0.29, 0.717) is 11.7 Å². The molecule has 3 aromatic rings. The maximum Gasteiger partial charge on any atom is 0.204 e. The van der Waals surface area contributed by atoms with Crippen LogP contribution < -0.4 is 0 Å². The second kappa shape index (κ2) is 6.63. The predicted molar refractivity (Wildman–Crippen MR) is 122 cm³/mol. The van der Waals surface area contributed by atoms with Crippen molar-refractivity contribution in [1.29, 1.82) is 0 Å². The van der Waals surface area contributed by atoms with E-state index in [4.69, 9.17) is 0 Å². The Bertz CT molecular complexity index is 1140. The van der Waals surface area contributed by atoms with Gasteiger partial charge < -0.3 is 0 Å². The number of nitrogens with zero attached hydrogens (tertiary/aromatic N) is 3. The van der Waals surface area contributed by atoms with E-state index in [9.17, 15) is 0 Å². The van der Waals surface area contributed by atoms with Gasteiger partial charge in [0.15, 0.2) is 0 Å². The Labute approximate surface area is 178 Å². The molecule has 0 radical (unpaired) electrons. The number of rotatable bonds is 2. The molecule has 4 nitrogen and oxygen atoms in total. The molecule has 0 fully saturated rings. The molecule has 2 aliphatic carbocycles. The summed E-state index contributed by atoms with van der Waals surface area (Å²) in [7, 11) is 0. The van der Waals surface area contributed by atoms with Crippen LogP contribution in [0.1, 0.15) is 75.3 Å². The summed E-state index contributed by atoms with van der Waals surface area (Å²) >= 11 is 0. The molecule has 1 unspecified atom stereocenters. The molecule has 154 valence electrons. The van der Waals surface area contributed by atoms with Gasteiger partial charge in [-0.25, -0.2) is 0 Å². The standard InChI is InChI=1S/C26H30N4/c1-16-12-19-15-18(24-27-29-30-28-24)7-8-20(19)21(16)13-17-6-9-22-23(14-17)26(4,5)11-10-25(22,2)3/h6-9,13-16H,10-12H2,1-5H3,(H,27,28,29,30)/b21-13+. The van der Waals surface area contributed by atoms with Crippen LogP contribution >= 0.6 is 0 Å². The Kier molecular flexibility index (Phi) is 4.25. The first-order valence-electron chi connectivity index (χ1n) is 11.0. The zero-order valence-electron chi connectivity index (χ0n) is 18.6. The molecule has 0 bridgehead atoms. The third-order valence-electron chi connectivity index (χ3n) is 7.28. The van der Waals surface area contributed by atoms with Crippen molar-refractivity contribution in [2.24, 2.45) is 5.92 Å². The van der Waals surface area contributed by atoms with E-state index < -0.39 is 0 Å². The van der Waals surface area contributed by atoms with Crippen LogP contribution in [0.2, 0.25) is 0 Å². The van der Waals surface area contributed by atoms with Crippen LogP contribution in [-0.4, -0.2) is 20.6 Å². The first kappa shape index (κ1) is 19.2. The molecule has 30 heavy (non-hydrogen) atoms. The first-order chi connectivity index (χ1) is 14.2. The smallest absolute Gasteiger partial charge is 0.177 e. The van der Waals surface area contributed by atoms with Gasteiger partial charge in [-0.2, -0.15) is 5.21 Å². The minimum atomic E-state index is 0.234. The maximum absolute atomic E-state index is 4.12. The number of H-pyrrole nitrogens is 1. The predicted octanol–water partition coefficient (Wildman–Crippen LogP) is 5.95. The minimum Gasteiger partial charge on any atom is -0.177 e. The third-order valence-corrected chi connectivity index (χ3v) is 7.28. The van der Waals surface area contributed by atoms with E-state index in [0.717, 1.165) is 12.0 Å². The van der Waals surface area contributed by atoms with E-state index in [1.807, 2.05) is 0 Å². The van der Waals surface area contributed by atoms with Crippen LogP contribution in [-0.2, 0) is 17.3 Å². The van der Waals surface area contributed by atoms with Crippen molar-refractivity contribution >= 4 is 11.6 Å². The van der Waals surface area contributed by atoms with Crippen LogP contribution in [0.25, 0.3) is 23.0 Å². The number of benzene rings is 2. The number of allylic oxidation sites excluding steroid dienone is 1. The molecule has 0 spiro atoms. The lowest BCUT2D eigenvalue weighted by molar-refractivity contribution is 0.332. The van der Waals surface area contributed by atoms with Gasteiger partial charge in [0.25, 0.3) is 0 Å². The molecular weight excluding hydrogens is 368 g/mol. The molecule has 1 atom stereocenters. The average molecular weight is 399 g/mol. The fourth-order valence-electron chi connectivity index (χ4n) is 5.27. The van der Waals surface area contributed by atoms with Gasteiger partial charge in [-0.05, 0) is 80.7 Å². The molecule has 0 saturated carbocycles. The van der Waals surface area contributed by atoms with Crippen LogP contribution in [0, 0.1) is 5.92 Å². The lowest BCUT2D eigenvalue weighted by Gasteiger charge is -2.42. The van der Waals surface area contributed by atoms with Crippen LogP contribution in [0.15, 0.2) is 36.4 Å². The molecular formula is C26H30N4. The van der Waals surface area contributed by atoms with Crippen molar-refractivity contribution in [3.8, 4) is 11.4 Å². The maximum atomic E-state index is 4.12. The summed E-state index contributed by atoms with van der Waals surface area (Å²) in [6, 6.07) is 13.7. The van der Waals surface area contributed by atoms with E-state index in [-0.39, 0.29) is 10.8 Å². The van der Waals surface area contributed by atoms with Crippen LogP contribution in [0.4, 0.5) is 0 Å². The van der Waals surface area contributed by atoms with Gasteiger partial charge in [0.2, 0.25) is 5.82 Å². The highest BCUT2D eigenvalue weighted by molar-refractivity contribution is 5.87. The highest BCUT2D eigenvalue weighted by Gasteiger charge is 2.37. The molecule has 1 aromatic heterocycles. The topological polar surface area (TPSA) is 54.5 Å². The summed E-state index contributed by atoms with van der Waals surface area (Å²) in [5.41, 5.74) is 10.0. The lowest BCUT2D eigenvalue weighted by atomic mass is 9.63. The van der Waals surface area contributed by atoms with Gasteiger partial charge >= 0.3 is 0 Å². The Morgan fingerprint density at radius 2 is 1.73 bits per heavy atom. The number of hydrogen-bond donors (Lipinski definition) is 1. The number of fused-ring (bicyclic) bond motifs is 2. The van der Waals surface area contributed by atoms with Crippen molar-refractivity contribution in [2.75, 3.05) is 0 Å². The van der Waals surface area contributed by atoms with Gasteiger partial charge in [0.1, 0.15) is 0 Å². The molecule has 4 heteroatoms. The number of aromatic nitrogens is 4. The van der Waals surface area contributed by atoms with Crippen molar-refractivity contribution in [1.82, 2.24) is 20.6 Å². The molecule has 1 N–H and O–H groups in total. The molecule has 0 amide bonds. The normalized spacial score (nSPS) is 22.7. The van der Waals surface area contributed by atoms with E-state index >= 15 is 0 Å². The van der Waals surface area contributed by atoms with E-state index in [2.05, 4.69) is 97.7 Å². The second-order valence-corrected chi connectivity index (χ2v) is 10.4. The van der Waals surface area contributed by atoms with E-state index in [1.54, 1.807) is 0 Å². The SMILES string of the molecule is CC1Cc2cc(-c3nn[nH]n3)ccc2/C1=C/c1ccc2c(c1)C(C)(C)CCC2(C)C. The zero-order valence-corrected chi connectivity index (χ0v) is 18.6. The van der Waals surface area contributed by atoms with Crippen molar-refractivity contribution < 1.29 is 0 Å². The van der Waals surface area contributed by atoms with Gasteiger partial charge in [-0.3, -0.25) is 0 Å². The second-order valence-electron chi connectivity index (χ2n) is 10.4. The van der Waals surface area contributed by atoms with Crippen molar-refractivity contribution in [3.63, 3.8) is 0 Å². The summed E-state index contributed by atoms with van der Waals surface area (Å²) in [6.07, 6.45) is 5.95. The van der Waals surface area contributed by atoms with Gasteiger partial charge in [0, 0.05) is 5.56 Å². The van der Waals surface area contributed by atoms with E-state index in [1.165, 1.54) is 46.2 Å². The fraction of sp³-hybridized carbons (Fsp3) is 0.423. The van der Waals surface area contributed by atoms with Crippen LogP contribution in [0.3, 0.4) is 0 Å². The largest absolute Gasteiger partial charge is 0.204 e. The Morgan fingerprint density at radius 1 is 0.967 bits per heavy atom. The molecule has 5 rings (SSSR count). The Hall–Kier alpha value is -2.75. The van der Waals surface area contributed by atoms with Crippen LogP contribution in [0.5, 0.6) is 0 Å². The quantitative estimate of drug-likeness (QED) is 0.580. The number of tetrazole rings is 1. The molecule has 2 aromatic carbocycles. The lowest BCUT2D eigenvalue weighted by Crippen LogP contribution is -2.33. The summed E-state index contributed by atoms with van der Waals surface area (Å²) in [6.45, 7) is 11.9. The summed E-state index contributed by atoms with van der Waals surface area (Å²) in [5, 5.41) is 14.5. The summed E-state index contributed by atoms with van der Waals surface area (Å²) in [5.74, 6) is 1.16. The highest BCUT2D eigenvalue weighted by Crippen LogP contribution is 2.46. The minimum absolute atomic E-state index is 0.234. The molecule has 1 heterocycles. The number of hydrogen-bond acceptors (Lipinski definition) is 3. The first-order valence-corrected chi connectivity index (χ1v) is 11.0. The van der Waals surface area contributed by atoms with Gasteiger partial charge in [-0.15, -0.1) is 10.2 Å².